The first kappa shape index (κ1) is 11.2. The van der Waals surface area contributed by atoms with E-state index in [-0.39, 0.29) is 6.04 Å². The fourth-order valence-electron chi connectivity index (χ4n) is 1.40. The molecule has 0 aromatic heterocycles. The van der Waals surface area contributed by atoms with Crippen LogP contribution in [0, 0.1) is 0 Å². The van der Waals surface area contributed by atoms with Crippen molar-refractivity contribution in [3.63, 3.8) is 0 Å². The molecule has 0 amide bonds. The van der Waals surface area contributed by atoms with Gasteiger partial charge in [0, 0.05) is 7.11 Å². The number of hydrogen-bond donors (Lipinski definition) is 1. The Balaban J connectivity index is 2.72. The summed E-state index contributed by atoms with van der Waals surface area (Å²) in [7, 11) is 1.67. The van der Waals surface area contributed by atoms with Crippen molar-refractivity contribution in [2.75, 3.05) is 13.7 Å². The Morgan fingerprint density at radius 2 is 1.64 bits per heavy atom. The Bertz CT molecular complexity index is 266. The Hall–Kier alpha value is -0.860. The zero-order valence-electron chi connectivity index (χ0n) is 9.16. The molecule has 0 aliphatic heterocycles. The molecular weight excluding hydrogens is 174 g/mol. The van der Waals surface area contributed by atoms with Crippen LogP contribution in [-0.2, 0) is 4.74 Å². The molecule has 0 heterocycles. The summed E-state index contributed by atoms with van der Waals surface area (Å²) in [5, 5.41) is 0. The lowest BCUT2D eigenvalue weighted by Gasteiger charge is -2.12. The molecule has 0 radical (unpaired) electrons. The summed E-state index contributed by atoms with van der Waals surface area (Å²) in [5.74, 6) is 0.572. The van der Waals surface area contributed by atoms with Crippen LogP contribution in [-0.4, -0.2) is 13.7 Å². The first-order chi connectivity index (χ1) is 6.65. The number of hydrogen-bond acceptors (Lipinski definition) is 2. The minimum absolute atomic E-state index is 0.0128. The van der Waals surface area contributed by atoms with E-state index in [2.05, 4.69) is 38.1 Å². The van der Waals surface area contributed by atoms with Gasteiger partial charge in [-0.15, -0.1) is 0 Å². The third-order valence-electron chi connectivity index (χ3n) is 2.38. The van der Waals surface area contributed by atoms with Crippen molar-refractivity contribution < 1.29 is 4.74 Å². The van der Waals surface area contributed by atoms with Crippen molar-refractivity contribution in [1.82, 2.24) is 0 Å². The lowest BCUT2D eigenvalue weighted by Crippen LogP contribution is -2.15. The van der Waals surface area contributed by atoms with Crippen LogP contribution in [0.5, 0.6) is 0 Å². The SMILES string of the molecule is COCC(N)c1ccc(C(C)C)cc1. The third kappa shape index (κ3) is 2.82. The molecule has 0 fully saturated rings. The second-order valence-electron chi connectivity index (χ2n) is 3.88. The maximum Gasteiger partial charge on any atom is 0.0655 e. The first-order valence-corrected chi connectivity index (χ1v) is 4.99. The second kappa shape index (κ2) is 5.13. The lowest BCUT2D eigenvalue weighted by atomic mass is 10.00. The van der Waals surface area contributed by atoms with Crippen LogP contribution < -0.4 is 5.73 Å². The van der Waals surface area contributed by atoms with Crippen LogP contribution in [0.25, 0.3) is 0 Å². The molecule has 0 spiro atoms. The van der Waals surface area contributed by atoms with E-state index in [1.54, 1.807) is 7.11 Å². The zero-order chi connectivity index (χ0) is 10.6. The standard InChI is InChI=1S/C12H19NO/c1-9(2)10-4-6-11(7-5-10)12(13)8-14-3/h4-7,9,12H,8,13H2,1-3H3. The molecular formula is C12H19NO. The van der Waals surface area contributed by atoms with Gasteiger partial charge in [-0.1, -0.05) is 38.1 Å². The number of nitrogens with two attached hydrogens (primary N) is 1. The van der Waals surface area contributed by atoms with Crippen LogP contribution in [0.1, 0.15) is 36.9 Å². The summed E-state index contributed by atoms with van der Waals surface area (Å²) in [6.07, 6.45) is 0. The largest absolute Gasteiger partial charge is 0.383 e. The highest BCUT2D eigenvalue weighted by Gasteiger charge is 2.05. The summed E-state index contributed by atoms with van der Waals surface area (Å²) < 4.78 is 5.01. The van der Waals surface area contributed by atoms with Crippen LogP contribution in [0.15, 0.2) is 24.3 Å². The molecule has 14 heavy (non-hydrogen) atoms. The normalized spacial score (nSPS) is 13.2. The Kier molecular flexibility index (Phi) is 4.11. The zero-order valence-corrected chi connectivity index (χ0v) is 9.16. The molecule has 1 aromatic rings. The van der Waals surface area contributed by atoms with E-state index < -0.39 is 0 Å². The lowest BCUT2D eigenvalue weighted by molar-refractivity contribution is 0.181. The quantitative estimate of drug-likeness (QED) is 0.797. The molecule has 2 heteroatoms. The molecule has 0 bridgehead atoms. The minimum atomic E-state index is -0.0128. The van der Waals surface area contributed by atoms with Gasteiger partial charge in [-0.2, -0.15) is 0 Å². The van der Waals surface area contributed by atoms with Crippen LogP contribution in [0.4, 0.5) is 0 Å². The fourth-order valence-corrected chi connectivity index (χ4v) is 1.40. The number of methoxy groups -OCH3 is 1. The van der Waals surface area contributed by atoms with E-state index in [9.17, 15) is 0 Å². The minimum Gasteiger partial charge on any atom is -0.383 e. The predicted molar refractivity (Wildman–Crippen MR) is 59.3 cm³/mol. The molecule has 2 nitrogen and oxygen atoms in total. The van der Waals surface area contributed by atoms with Crippen molar-refractivity contribution in [2.24, 2.45) is 5.73 Å². The molecule has 1 unspecified atom stereocenters. The molecule has 1 atom stereocenters. The van der Waals surface area contributed by atoms with Gasteiger partial charge < -0.3 is 10.5 Å². The molecule has 0 aliphatic rings. The summed E-state index contributed by atoms with van der Waals surface area (Å²) in [4.78, 5) is 0. The topological polar surface area (TPSA) is 35.2 Å². The van der Waals surface area contributed by atoms with Gasteiger partial charge in [-0.3, -0.25) is 0 Å². The maximum atomic E-state index is 5.91. The maximum absolute atomic E-state index is 5.91. The van der Waals surface area contributed by atoms with Gasteiger partial charge in [0.2, 0.25) is 0 Å². The number of rotatable bonds is 4. The van der Waals surface area contributed by atoms with Crippen molar-refractivity contribution in [1.29, 1.82) is 0 Å². The summed E-state index contributed by atoms with van der Waals surface area (Å²) in [6.45, 7) is 4.94. The second-order valence-corrected chi connectivity index (χ2v) is 3.88. The highest BCUT2D eigenvalue weighted by Crippen LogP contribution is 2.17. The van der Waals surface area contributed by atoms with Crippen LogP contribution >= 0.6 is 0 Å². The summed E-state index contributed by atoms with van der Waals surface area (Å²) >= 11 is 0. The molecule has 0 saturated carbocycles. The highest BCUT2D eigenvalue weighted by atomic mass is 16.5. The summed E-state index contributed by atoms with van der Waals surface area (Å²) in [5.41, 5.74) is 8.39. The number of ether oxygens (including phenoxy) is 1. The van der Waals surface area contributed by atoms with Gasteiger partial charge in [0.1, 0.15) is 0 Å². The molecule has 78 valence electrons. The van der Waals surface area contributed by atoms with Crippen molar-refractivity contribution >= 4 is 0 Å². The van der Waals surface area contributed by atoms with Crippen LogP contribution in [0.3, 0.4) is 0 Å². The monoisotopic (exact) mass is 193 g/mol. The molecule has 2 N–H and O–H groups in total. The molecule has 0 aliphatic carbocycles. The van der Waals surface area contributed by atoms with Crippen molar-refractivity contribution in [3.05, 3.63) is 35.4 Å². The van der Waals surface area contributed by atoms with E-state index in [1.807, 2.05) is 0 Å². The van der Waals surface area contributed by atoms with Gasteiger partial charge >= 0.3 is 0 Å². The average molecular weight is 193 g/mol. The summed E-state index contributed by atoms with van der Waals surface area (Å²) in [6, 6.07) is 8.42. The van der Waals surface area contributed by atoms with Gasteiger partial charge in [-0.25, -0.2) is 0 Å². The Labute approximate surface area is 86.1 Å². The third-order valence-corrected chi connectivity index (χ3v) is 2.38. The molecule has 1 aromatic carbocycles. The van der Waals surface area contributed by atoms with Gasteiger partial charge in [0.05, 0.1) is 12.6 Å². The smallest absolute Gasteiger partial charge is 0.0655 e. The van der Waals surface area contributed by atoms with E-state index in [0.29, 0.717) is 12.5 Å². The van der Waals surface area contributed by atoms with Gasteiger partial charge in [0.25, 0.3) is 0 Å². The highest BCUT2D eigenvalue weighted by molar-refractivity contribution is 5.26. The predicted octanol–water partition coefficient (Wildman–Crippen LogP) is 2.46. The first-order valence-electron chi connectivity index (χ1n) is 4.99. The molecule has 0 saturated heterocycles. The fraction of sp³-hybridized carbons (Fsp3) is 0.500. The van der Waals surface area contributed by atoms with E-state index in [4.69, 9.17) is 10.5 Å². The molecule has 1 rings (SSSR count). The van der Waals surface area contributed by atoms with E-state index in [1.165, 1.54) is 5.56 Å². The van der Waals surface area contributed by atoms with Gasteiger partial charge in [-0.05, 0) is 17.0 Å². The van der Waals surface area contributed by atoms with Crippen molar-refractivity contribution in [2.45, 2.75) is 25.8 Å². The number of benzene rings is 1. The Morgan fingerprint density at radius 3 is 2.07 bits per heavy atom. The van der Waals surface area contributed by atoms with Gasteiger partial charge in [0.15, 0.2) is 0 Å². The Morgan fingerprint density at radius 1 is 1.14 bits per heavy atom. The van der Waals surface area contributed by atoms with E-state index in [0.717, 1.165) is 5.56 Å². The van der Waals surface area contributed by atoms with Crippen molar-refractivity contribution in [3.8, 4) is 0 Å². The van der Waals surface area contributed by atoms with E-state index >= 15 is 0 Å². The average Bonchev–Trinajstić information content (AvgIpc) is 2.18. The van der Waals surface area contributed by atoms with Crippen LogP contribution in [0.2, 0.25) is 0 Å².